The van der Waals surface area contributed by atoms with E-state index in [0.29, 0.717) is 6.41 Å². The van der Waals surface area contributed by atoms with Crippen LogP contribution in [0.15, 0.2) is 16.6 Å². The van der Waals surface area contributed by atoms with Crippen LogP contribution in [0.1, 0.15) is 0 Å². The van der Waals surface area contributed by atoms with E-state index in [1.54, 1.807) is 0 Å². The van der Waals surface area contributed by atoms with Crippen molar-refractivity contribution in [3.63, 3.8) is 0 Å². The Balaban J connectivity index is 3.38. The fraction of sp³-hybridized carbons (Fsp3) is 0.222. The first-order valence-corrected chi connectivity index (χ1v) is 5.68. The van der Waals surface area contributed by atoms with Gasteiger partial charge in [-0.15, -0.1) is 3.89 Å². The minimum absolute atomic E-state index is 0.0250. The van der Waals surface area contributed by atoms with Gasteiger partial charge >= 0.3 is 0 Å². The number of nitrogens with zero attached hydrogens (tertiary/aromatic N) is 2. The molecule has 0 N–H and O–H groups in total. The molecule has 0 saturated carbocycles. The molecule has 0 aliphatic rings. The summed E-state index contributed by atoms with van der Waals surface area (Å²) in [7, 11) is 2.84. The number of halogens is 3. The second kappa shape index (κ2) is 5.49. The monoisotopic (exact) mass is 310 g/mol. The van der Waals surface area contributed by atoms with Gasteiger partial charge in [0, 0.05) is 14.1 Å². The molecule has 0 bridgehead atoms. The van der Waals surface area contributed by atoms with E-state index >= 15 is 0 Å². The zero-order valence-electron chi connectivity index (χ0n) is 8.58. The van der Waals surface area contributed by atoms with Crippen molar-refractivity contribution in [2.24, 2.45) is 0 Å². The van der Waals surface area contributed by atoms with Gasteiger partial charge in [-0.2, -0.15) is 0 Å². The second-order valence-corrected chi connectivity index (χ2v) is 4.55. The number of amides is 1. The van der Waals surface area contributed by atoms with Crippen LogP contribution in [0.3, 0.4) is 0 Å². The number of benzene rings is 1. The van der Waals surface area contributed by atoms with Gasteiger partial charge in [0.25, 0.3) is 0 Å². The van der Waals surface area contributed by atoms with Crippen molar-refractivity contribution in [3.05, 3.63) is 22.4 Å². The number of hydrogen-bond donors (Lipinski definition) is 0. The molecule has 0 aliphatic carbocycles. The normalized spacial score (nSPS) is 10.1. The summed E-state index contributed by atoms with van der Waals surface area (Å²) in [5.41, 5.74) is 0.305. The molecule has 0 atom stereocenters. The molecule has 16 heavy (non-hydrogen) atoms. The molecular formula is C9H9BrF2N2OS. The molecule has 7 heteroatoms. The Morgan fingerprint density at radius 3 is 2.56 bits per heavy atom. The Kier molecular flexibility index (Phi) is 4.55. The quantitative estimate of drug-likeness (QED) is 0.630. The van der Waals surface area contributed by atoms with E-state index in [9.17, 15) is 13.1 Å². The van der Waals surface area contributed by atoms with Gasteiger partial charge in [0.15, 0.2) is 18.2 Å². The lowest BCUT2D eigenvalue weighted by Crippen LogP contribution is -2.19. The highest BCUT2D eigenvalue weighted by molar-refractivity contribution is 9.10. The van der Waals surface area contributed by atoms with Gasteiger partial charge in [-0.1, -0.05) is 0 Å². The molecule has 0 aliphatic heterocycles. The Bertz CT molecular complexity index is 405. The Morgan fingerprint density at radius 1 is 1.44 bits per heavy atom. The predicted octanol–water partition coefficient (Wildman–Crippen LogP) is 3.15. The Morgan fingerprint density at radius 2 is 2.06 bits per heavy atom. The van der Waals surface area contributed by atoms with E-state index in [2.05, 4.69) is 15.9 Å². The van der Waals surface area contributed by atoms with Crippen LogP contribution in [0.5, 0.6) is 0 Å². The van der Waals surface area contributed by atoms with Gasteiger partial charge < -0.3 is 4.90 Å². The summed E-state index contributed by atoms with van der Waals surface area (Å²) in [6.45, 7) is 0. The van der Waals surface area contributed by atoms with Crippen molar-refractivity contribution >= 4 is 46.0 Å². The van der Waals surface area contributed by atoms with E-state index in [1.165, 1.54) is 26.2 Å². The van der Waals surface area contributed by atoms with Crippen molar-refractivity contribution in [1.29, 1.82) is 0 Å². The van der Waals surface area contributed by atoms with E-state index in [1.807, 2.05) is 0 Å². The van der Waals surface area contributed by atoms with E-state index in [-0.39, 0.29) is 28.2 Å². The third-order valence-corrected chi connectivity index (χ3v) is 3.02. The lowest BCUT2D eigenvalue weighted by molar-refractivity contribution is -0.107. The van der Waals surface area contributed by atoms with E-state index < -0.39 is 5.82 Å². The van der Waals surface area contributed by atoms with Gasteiger partial charge in [0.2, 0.25) is 6.41 Å². The number of anilines is 2. The SMILES string of the molecule is CN(C=O)c1c(N(C)SF)ccc(Br)c1F. The summed E-state index contributed by atoms with van der Waals surface area (Å²) in [5.74, 6) is -0.604. The largest absolute Gasteiger partial charge is 0.314 e. The number of carbonyl (C=O) groups is 1. The van der Waals surface area contributed by atoms with Crippen LogP contribution >= 0.6 is 28.3 Å². The van der Waals surface area contributed by atoms with Crippen LogP contribution in [0, 0.1) is 5.82 Å². The van der Waals surface area contributed by atoms with Gasteiger partial charge in [-0.05, 0) is 28.1 Å². The molecule has 1 aromatic carbocycles. The summed E-state index contributed by atoms with van der Waals surface area (Å²) < 4.78 is 27.6. The molecule has 0 saturated heterocycles. The van der Waals surface area contributed by atoms with E-state index in [0.717, 1.165) is 9.21 Å². The zero-order valence-corrected chi connectivity index (χ0v) is 11.0. The van der Waals surface area contributed by atoms with Crippen molar-refractivity contribution in [2.75, 3.05) is 23.3 Å². The molecular weight excluding hydrogens is 302 g/mol. The predicted molar refractivity (Wildman–Crippen MR) is 65.7 cm³/mol. The molecule has 0 unspecified atom stereocenters. The van der Waals surface area contributed by atoms with Gasteiger partial charge in [-0.25, -0.2) is 4.39 Å². The molecule has 88 valence electrons. The fourth-order valence-electron chi connectivity index (χ4n) is 1.21. The standard InChI is InChI=1S/C9H9BrF2N2OS/c1-13(5-15)9-7(14(2)16-12)4-3-6(10)8(9)11/h3-5H,1-2H3. The Labute approximate surface area is 105 Å². The van der Waals surface area contributed by atoms with E-state index in [4.69, 9.17) is 0 Å². The first kappa shape index (κ1) is 13.2. The molecule has 1 amide bonds. The van der Waals surface area contributed by atoms with Crippen molar-refractivity contribution in [3.8, 4) is 0 Å². The van der Waals surface area contributed by atoms with Gasteiger partial charge in [0.1, 0.15) is 5.69 Å². The third-order valence-electron chi connectivity index (χ3n) is 2.00. The average Bonchev–Trinajstić information content (AvgIpc) is 2.30. The molecule has 0 aromatic heterocycles. The van der Waals surface area contributed by atoms with Crippen LogP contribution in [-0.4, -0.2) is 20.5 Å². The molecule has 0 fully saturated rings. The molecule has 1 aromatic rings. The fourth-order valence-corrected chi connectivity index (χ4v) is 1.75. The summed E-state index contributed by atoms with van der Waals surface area (Å²) in [4.78, 5) is 11.7. The van der Waals surface area contributed by atoms with Crippen molar-refractivity contribution in [1.82, 2.24) is 0 Å². The highest BCUT2D eigenvalue weighted by atomic mass is 79.9. The molecule has 0 heterocycles. The van der Waals surface area contributed by atoms with Gasteiger partial charge in [0.05, 0.1) is 10.2 Å². The molecule has 1 rings (SSSR count). The first-order valence-electron chi connectivity index (χ1n) is 4.21. The lowest BCUT2D eigenvalue weighted by atomic mass is 10.2. The molecule has 0 radical (unpaired) electrons. The summed E-state index contributed by atoms with van der Waals surface area (Å²) in [6, 6.07) is 2.98. The van der Waals surface area contributed by atoms with Crippen molar-refractivity contribution < 1.29 is 13.1 Å². The molecule has 3 nitrogen and oxygen atoms in total. The highest BCUT2D eigenvalue weighted by Gasteiger charge is 2.18. The zero-order chi connectivity index (χ0) is 12.3. The summed E-state index contributed by atoms with van der Waals surface area (Å²) in [5, 5.41) is 0. The maximum atomic E-state index is 13.8. The lowest BCUT2D eigenvalue weighted by Gasteiger charge is -2.22. The maximum absolute atomic E-state index is 13.8. The van der Waals surface area contributed by atoms with Crippen LogP contribution < -0.4 is 9.21 Å². The van der Waals surface area contributed by atoms with Crippen LogP contribution in [0.4, 0.5) is 19.7 Å². The first-order chi connectivity index (χ1) is 7.52. The summed E-state index contributed by atoms with van der Waals surface area (Å²) in [6.07, 6.45) is 0.463. The smallest absolute Gasteiger partial charge is 0.214 e. The third kappa shape index (κ3) is 2.46. The second-order valence-electron chi connectivity index (χ2n) is 3.01. The van der Waals surface area contributed by atoms with Gasteiger partial charge in [-0.3, -0.25) is 9.10 Å². The van der Waals surface area contributed by atoms with Crippen LogP contribution in [-0.2, 0) is 4.79 Å². The summed E-state index contributed by atoms with van der Waals surface area (Å²) >= 11 is 2.96. The number of carbonyl (C=O) groups excluding carboxylic acids is 1. The topological polar surface area (TPSA) is 23.6 Å². The average molecular weight is 311 g/mol. The Hall–Kier alpha value is -0.820. The van der Waals surface area contributed by atoms with Crippen molar-refractivity contribution in [2.45, 2.75) is 0 Å². The highest BCUT2D eigenvalue weighted by Crippen LogP contribution is 2.37. The minimum Gasteiger partial charge on any atom is -0.314 e. The number of rotatable bonds is 4. The number of hydrogen-bond acceptors (Lipinski definition) is 3. The maximum Gasteiger partial charge on any atom is 0.214 e. The van der Waals surface area contributed by atoms with Crippen LogP contribution in [0.2, 0.25) is 0 Å². The minimum atomic E-state index is -0.604. The van der Waals surface area contributed by atoms with Crippen LogP contribution in [0.25, 0.3) is 0 Å². The molecule has 0 spiro atoms.